The van der Waals surface area contributed by atoms with Gasteiger partial charge in [0.2, 0.25) is 0 Å². The SMILES string of the molecule is C/C=C(C)/C=C(\C(Cl)=C(/OC(=O)c1ccccc1)c1ccc(C)cc1C)c1ccccc1. The molecule has 0 atom stereocenters. The molecule has 0 aliphatic heterocycles. The van der Waals surface area contributed by atoms with Crippen molar-refractivity contribution < 1.29 is 9.53 Å². The second-order valence-corrected chi connectivity index (χ2v) is 8.05. The van der Waals surface area contributed by atoms with Crippen LogP contribution in [-0.2, 0) is 4.74 Å². The first kappa shape index (κ1) is 23.3. The fourth-order valence-electron chi connectivity index (χ4n) is 3.34. The van der Waals surface area contributed by atoms with E-state index in [9.17, 15) is 4.79 Å². The highest BCUT2D eigenvalue weighted by atomic mass is 35.5. The Balaban J connectivity index is 2.22. The van der Waals surface area contributed by atoms with E-state index in [0.29, 0.717) is 16.4 Å². The smallest absolute Gasteiger partial charge is 0.343 e. The van der Waals surface area contributed by atoms with Crippen LogP contribution in [0.5, 0.6) is 0 Å². The van der Waals surface area contributed by atoms with Crippen LogP contribution in [0.4, 0.5) is 0 Å². The van der Waals surface area contributed by atoms with E-state index in [4.69, 9.17) is 16.3 Å². The van der Waals surface area contributed by atoms with Crippen molar-refractivity contribution >= 4 is 28.9 Å². The van der Waals surface area contributed by atoms with Crippen molar-refractivity contribution in [1.29, 1.82) is 0 Å². The van der Waals surface area contributed by atoms with Crippen molar-refractivity contribution in [3.63, 3.8) is 0 Å². The lowest BCUT2D eigenvalue weighted by Crippen LogP contribution is -2.07. The van der Waals surface area contributed by atoms with Gasteiger partial charge in [0.25, 0.3) is 0 Å². The largest absolute Gasteiger partial charge is 0.421 e. The van der Waals surface area contributed by atoms with Crippen LogP contribution in [0.25, 0.3) is 11.3 Å². The highest BCUT2D eigenvalue weighted by molar-refractivity contribution is 6.40. The number of carbonyl (C=O) groups excluding carboxylic acids is 1. The first-order chi connectivity index (χ1) is 15.4. The van der Waals surface area contributed by atoms with Gasteiger partial charge in [-0.05, 0) is 51.0 Å². The third-order valence-electron chi connectivity index (χ3n) is 5.18. The summed E-state index contributed by atoms with van der Waals surface area (Å²) in [7, 11) is 0. The molecule has 0 unspecified atom stereocenters. The lowest BCUT2D eigenvalue weighted by atomic mass is 9.98. The van der Waals surface area contributed by atoms with E-state index in [1.165, 1.54) is 0 Å². The van der Waals surface area contributed by atoms with E-state index >= 15 is 0 Å². The molecule has 0 saturated heterocycles. The van der Waals surface area contributed by atoms with Gasteiger partial charge < -0.3 is 4.74 Å². The third-order valence-corrected chi connectivity index (χ3v) is 5.55. The normalized spacial score (nSPS) is 12.9. The average molecular weight is 443 g/mol. The number of halogens is 1. The van der Waals surface area contributed by atoms with Crippen molar-refractivity contribution in [3.05, 3.63) is 129 Å². The summed E-state index contributed by atoms with van der Waals surface area (Å²) < 4.78 is 5.97. The molecule has 0 N–H and O–H groups in total. The zero-order valence-corrected chi connectivity index (χ0v) is 19.6. The Morgan fingerprint density at radius 3 is 2.03 bits per heavy atom. The first-order valence-corrected chi connectivity index (χ1v) is 10.9. The van der Waals surface area contributed by atoms with Crippen molar-refractivity contribution in [2.45, 2.75) is 27.7 Å². The van der Waals surface area contributed by atoms with E-state index in [1.54, 1.807) is 12.1 Å². The van der Waals surface area contributed by atoms with Gasteiger partial charge in [-0.25, -0.2) is 4.79 Å². The summed E-state index contributed by atoms with van der Waals surface area (Å²) in [6, 6.07) is 24.8. The summed E-state index contributed by atoms with van der Waals surface area (Å²) in [5.74, 6) is -0.106. The Bertz CT molecular complexity index is 1190. The van der Waals surface area contributed by atoms with Crippen molar-refractivity contribution in [1.82, 2.24) is 0 Å². The number of rotatable bonds is 6. The molecule has 0 aliphatic carbocycles. The second-order valence-electron chi connectivity index (χ2n) is 7.67. The minimum Gasteiger partial charge on any atom is -0.421 e. The molecule has 3 heteroatoms. The van der Waals surface area contributed by atoms with Crippen LogP contribution >= 0.6 is 11.6 Å². The highest BCUT2D eigenvalue weighted by Gasteiger charge is 2.21. The molecule has 162 valence electrons. The van der Waals surface area contributed by atoms with Crippen molar-refractivity contribution in [2.75, 3.05) is 0 Å². The third kappa shape index (κ3) is 5.66. The molecule has 0 spiro atoms. The molecule has 3 aromatic rings. The number of hydrogen-bond donors (Lipinski definition) is 0. The molecule has 0 heterocycles. The van der Waals surface area contributed by atoms with E-state index in [0.717, 1.165) is 33.4 Å². The summed E-state index contributed by atoms with van der Waals surface area (Å²) in [6.45, 7) is 8.01. The van der Waals surface area contributed by atoms with E-state index in [1.807, 2.05) is 101 Å². The van der Waals surface area contributed by atoms with Gasteiger partial charge >= 0.3 is 5.97 Å². The summed E-state index contributed by atoms with van der Waals surface area (Å²) in [4.78, 5) is 13.0. The number of carbonyl (C=O) groups is 1. The molecular weight excluding hydrogens is 416 g/mol. The van der Waals surface area contributed by atoms with E-state index < -0.39 is 5.97 Å². The van der Waals surface area contributed by atoms with E-state index in [2.05, 4.69) is 6.07 Å². The van der Waals surface area contributed by atoms with Crippen LogP contribution in [0.2, 0.25) is 0 Å². The number of hydrogen-bond acceptors (Lipinski definition) is 2. The van der Waals surface area contributed by atoms with Gasteiger partial charge in [0.05, 0.1) is 10.6 Å². The Morgan fingerprint density at radius 2 is 1.47 bits per heavy atom. The van der Waals surface area contributed by atoms with Crippen LogP contribution in [0.1, 0.15) is 46.5 Å². The molecule has 3 rings (SSSR count). The van der Waals surface area contributed by atoms with Crippen LogP contribution in [0.3, 0.4) is 0 Å². The molecule has 0 aromatic heterocycles. The first-order valence-electron chi connectivity index (χ1n) is 10.6. The Hall–Kier alpha value is -3.36. The van der Waals surface area contributed by atoms with Gasteiger partial charge in [-0.3, -0.25) is 0 Å². The highest BCUT2D eigenvalue weighted by Crippen LogP contribution is 2.36. The molecule has 0 aliphatic rings. The predicted octanol–water partition coefficient (Wildman–Crippen LogP) is 8.12. The quantitative estimate of drug-likeness (QED) is 0.219. The number of benzene rings is 3. The molecule has 0 radical (unpaired) electrons. The van der Waals surface area contributed by atoms with Gasteiger partial charge in [-0.2, -0.15) is 0 Å². The monoisotopic (exact) mass is 442 g/mol. The van der Waals surface area contributed by atoms with Crippen molar-refractivity contribution in [3.8, 4) is 0 Å². The van der Waals surface area contributed by atoms with Crippen LogP contribution in [0, 0.1) is 13.8 Å². The fraction of sp³-hybridized carbons (Fsp3) is 0.138. The van der Waals surface area contributed by atoms with Gasteiger partial charge in [-0.1, -0.05) is 102 Å². The summed E-state index contributed by atoms with van der Waals surface area (Å²) in [5, 5.41) is 0.383. The molecule has 3 aromatic carbocycles. The number of esters is 1. The number of ether oxygens (including phenoxy) is 1. The van der Waals surface area contributed by atoms with Crippen LogP contribution in [0.15, 0.2) is 102 Å². The average Bonchev–Trinajstić information content (AvgIpc) is 2.81. The van der Waals surface area contributed by atoms with Crippen molar-refractivity contribution in [2.24, 2.45) is 0 Å². The molecule has 0 amide bonds. The standard InChI is InChI=1S/C29H27ClO2/c1-5-20(2)19-26(23-12-8-6-9-13-23)27(30)28(25-17-16-21(3)18-22(25)4)32-29(31)24-14-10-7-11-15-24/h5-19H,1-4H3/b20-5+,26-19-,28-27+. The lowest BCUT2D eigenvalue weighted by Gasteiger charge is -2.17. The minimum atomic E-state index is -0.450. The topological polar surface area (TPSA) is 26.3 Å². The molecular formula is C29H27ClO2. The van der Waals surface area contributed by atoms with E-state index in [-0.39, 0.29) is 0 Å². The van der Waals surface area contributed by atoms with Crippen LogP contribution < -0.4 is 0 Å². The zero-order valence-electron chi connectivity index (χ0n) is 18.9. The molecule has 0 fully saturated rings. The maximum Gasteiger partial charge on any atom is 0.343 e. The molecule has 0 bridgehead atoms. The summed E-state index contributed by atoms with van der Waals surface area (Å²) >= 11 is 7.03. The summed E-state index contributed by atoms with van der Waals surface area (Å²) in [6.07, 6.45) is 4.03. The second kappa shape index (κ2) is 10.8. The maximum atomic E-state index is 13.0. The van der Waals surface area contributed by atoms with Gasteiger partial charge in [0, 0.05) is 11.1 Å². The Labute approximate surface area is 195 Å². The molecule has 2 nitrogen and oxygen atoms in total. The zero-order chi connectivity index (χ0) is 23.1. The number of allylic oxidation sites excluding steroid dienone is 5. The summed E-state index contributed by atoms with van der Waals surface area (Å²) in [5.41, 5.74) is 6.14. The molecule has 0 saturated carbocycles. The van der Waals surface area contributed by atoms with Gasteiger partial charge in [0.1, 0.15) is 0 Å². The molecule has 32 heavy (non-hydrogen) atoms. The minimum absolute atomic E-state index is 0.344. The van der Waals surface area contributed by atoms with Gasteiger partial charge in [0.15, 0.2) is 5.76 Å². The van der Waals surface area contributed by atoms with Crippen LogP contribution in [-0.4, -0.2) is 5.97 Å². The Morgan fingerprint density at radius 1 is 0.875 bits per heavy atom. The predicted molar refractivity (Wildman–Crippen MR) is 134 cm³/mol. The number of aryl methyl sites for hydroxylation is 2. The van der Waals surface area contributed by atoms with Gasteiger partial charge in [-0.15, -0.1) is 0 Å². The maximum absolute atomic E-state index is 13.0. The fourth-order valence-corrected chi connectivity index (χ4v) is 3.64. The Kier molecular flexibility index (Phi) is 7.86. The lowest BCUT2D eigenvalue weighted by molar-refractivity contribution is 0.0691.